The van der Waals surface area contributed by atoms with Crippen LogP contribution in [0.1, 0.15) is 5.69 Å². The van der Waals surface area contributed by atoms with E-state index in [9.17, 15) is 18.0 Å². The molecule has 5 nitrogen and oxygen atoms in total. The highest BCUT2D eigenvalue weighted by atomic mass is 79.9. The number of benzene rings is 1. The molecule has 2 heterocycles. The maximum absolute atomic E-state index is 12.7. The van der Waals surface area contributed by atoms with Crippen molar-refractivity contribution in [1.82, 2.24) is 14.2 Å². The second kappa shape index (κ2) is 5.97. The molecule has 0 saturated carbocycles. The number of para-hydroxylation sites is 2. The molecule has 2 aromatic heterocycles. The maximum atomic E-state index is 12.7. The van der Waals surface area contributed by atoms with Crippen LogP contribution in [0.2, 0.25) is 0 Å². The Morgan fingerprint density at radius 2 is 2.00 bits per heavy atom. The lowest BCUT2D eigenvalue weighted by atomic mass is 10.2. The van der Waals surface area contributed by atoms with E-state index in [2.05, 4.69) is 21.0 Å². The minimum Gasteiger partial charge on any atom is -0.482 e. The molecule has 24 heavy (non-hydrogen) atoms. The first-order valence-corrected chi connectivity index (χ1v) is 7.61. The zero-order valence-electron chi connectivity index (χ0n) is 12.3. The molecule has 0 radical (unpaired) electrons. The van der Waals surface area contributed by atoms with Crippen molar-refractivity contribution in [1.29, 1.82) is 0 Å². The van der Waals surface area contributed by atoms with Crippen LogP contribution in [-0.4, -0.2) is 27.0 Å². The average Bonchev–Trinajstić information content (AvgIpc) is 2.91. The number of ether oxygens (including phenoxy) is 1. The number of fused-ring (bicyclic) bond motifs is 1. The van der Waals surface area contributed by atoms with Crippen LogP contribution in [0.25, 0.3) is 11.2 Å². The van der Waals surface area contributed by atoms with Gasteiger partial charge in [-0.15, -0.1) is 0 Å². The summed E-state index contributed by atoms with van der Waals surface area (Å²) in [6, 6.07) is 6.07. The Kier molecular flexibility index (Phi) is 4.12. The van der Waals surface area contributed by atoms with E-state index in [4.69, 9.17) is 4.74 Å². The van der Waals surface area contributed by atoms with Crippen molar-refractivity contribution in [2.24, 2.45) is 0 Å². The summed E-state index contributed by atoms with van der Waals surface area (Å²) >= 11 is 3.26. The minimum atomic E-state index is -4.47. The topological polar surface area (TPSA) is 48.5 Å². The summed E-state index contributed by atoms with van der Waals surface area (Å²) in [5, 5.41) is 4.08. The van der Waals surface area contributed by atoms with Crippen molar-refractivity contribution in [3.05, 3.63) is 57.2 Å². The van der Waals surface area contributed by atoms with Gasteiger partial charge in [-0.2, -0.15) is 18.3 Å². The third-order valence-corrected chi connectivity index (χ3v) is 3.89. The standard InChI is InChI=1S/C15H11BrF3N3O2/c1-9-7-21(14(23)13-10(16)6-20-22(9)13)11-4-2-3-5-12(11)24-8-15(17,18)19/h2-7H,8H2,1H3. The van der Waals surface area contributed by atoms with E-state index in [0.717, 1.165) is 0 Å². The van der Waals surface area contributed by atoms with Gasteiger partial charge in [0.15, 0.2) is 6.61 Å². The number of alkyl halides is 3. The molecule has 3 aromatic rings. The van der Waals surface area contributed by atoms with Gasteiger partial charge in [0.25, 0.3) is 5.56 Å². The maximum Gasteiger partial charge on any atom is 0.422 e. The molecule has 0 unspecified atom stereocenters. The van der Waals surface area contributed by atoms with Crippen LogP contribution in [-0.2, 0) is 0 Å². The molecule has 0 spiro atoms. The van der Waals surface area contributed by atoms with E-state index in [1.54, 1.807) is 19.1 Å². The molecule has 0 aliphatic rings. The van der Waals surface area contributed by atoms with Crippen molar-refractivity contribution in [3.63, 3.8) is 0 Å². The molecule has 3 rings (SSSR count). The van der Waals surface area contributed by atoms with Gasteiger partial charge < -0.3 is 4.74 Å². The molecule has 0 atom stereocenters. The van der Waals surface area contributed by atoms with Crippen LogP contribution in [0.4, 0.5) is 13.2 Å². The van der Waals surface area contributed by atoms with Crippen LogP contribution in [0.15, 0.2) is 45.9 Å². The summed E-state index contributed by atoms with van der Waals surface area (Å²) in [6.07, 6.45) is -1.48. The lowest BCUT2D eigenvalue weighted by Gasteiger charge is -2.15. The molecular weight excluding hydrogens is 391 g/mol. The van der Waals surface area contributed by atoms with E-state index in [1.165, 1.54) is 33.6 Å². The van der Waals surface area contributed by atoms with Gasteiger partial charge in [-0.3, -0.25) is 9.36 Å². The van der Waals surface area contributed by atoms with Gasteiger partial charge in [-0.25, -0.2) is 4.52 Å². The predicted molar refractivity (Wildman–Crippen MR) is 84.8 cm³/mol. The second-order valence-electron chi connectivity index (χ2n) is 5.07. The van der Waals surface area contributed by atoms with Crippen molar-refractivity contribution >= 4 is 21.4 Å². The van der Waals surface area contributed by atoms with Crippen molar-refractivity contribution in [2.75, 3.05) is 6.61 Å². The Hall–Kier alpha value is -2.29. The van der Waals surface area contributed by atoms with E-state index in [1.807, 2.05) is 0 Å². The van der Waals surface area contributed by atoms with Crippen molar-refractivity contribution < 1.29 is 17.9 Å². The number of aryl methyl sites for hydroxylation is 1. The van der Waals surface area contributed by atoms with Gasteiger partial charge in [0.2, 0.25) is 0 Å². The molecule has 9 heteroatoms. The quantitative estimate of drug-likeness (QED) is 0.674. The first-order valence-electron chi connectivity index (χ1n) is 6.82. The van der Waals surface area contributed by atoms with Crippen LogP contribution < -0.4 is 10.3 Å². The molecule has 0 amide bonds. The first-order chi connectivity index (χ1) is 11.3. The van der Waals surface area contributed by atoms with Crippen LogP contribution >= 0.6 is 15.9 Å². The number of aromatic nitrogens is 3. The molecule has 126 valence electrons. The molecule has 0 fully saturated rings. The lowest BCUT2D eigenvalue weighted by molar-refractivity contribution is -0.153. The highest BCUT2D eigenvalue weighted by Gasteiger charge is 2.29. The SMILES string of the molecule is Cc1cn(-c2ccccc2OCC(F)(F)F)c(=O)c2c(Br)cnn12. The molecule has 1 aromatic carbocycles. The van der Waals surface area contributed by atoms with E-state index >= 15 is 0 Å². The Balaban J connectivity index is 2.16. The summed E-state index contributed by atoms with van der Waals surface area (Å²) in [6.45, 7) is 0.304. The fraction of sp³-hybridized carbons (Fsp3) is 0.200. The third kappa shape index (κ3) is 3.03. The summed E-state index contributed by atoms with van der Waals surface area (Å²) in [5.41, 5.74) is 0.736. The highest BCUT2D eigenvalue weighted by molar-refractivity contribution is 9.10. The number of halogens is 4. The second-order valence-corrected chi connectivity index (χ2v) is 5.92. The fourth-order valence-electron chi connectivity index (χ4n) is 2.32. The van der Waals surface area contributed by atoms with Gasteiger partial charge in [0.05, 0.1) is 22.1 Å². The number of hydrogen-bond acceptors (Lipinski definition) is 3. The molecule has 0 bridgehead atoms. The van der Waals surface area contributed by atoms with Gasteiger partial charge in [0.1, 0.15) is 11.3 Å². The monoisotopic (exact) mass is 401 g/mol. The van der Waals surface area contributed by atoms with Gasteiger partial charge >= 0.3 is 6.18 Å². The fourth-order valence-corrected chi connectivity index (χ4v) is 2.75. The summed E-state index contributed by atoms with van der Waals surface area (Å²) in [5.74, 6) is -0.0312. The Labute approximate surface area is 142 Å². The summed E-state index contributed by atoms with van der Waals surface area (Å²) in [7, 11) is 0. The van der Waals surface area contributed by atoms with Crippen molar-refractivity contribution in [2.45, 2.75) is 13.1 Å². The molecule has 0 aliphatic carbocycles. The van der Waals surface area contributed by atoms with E-state index in [-0.39, 0.29) is 11.4 Å². The molecule has 0 N–H and O–H groups in total. The summed E-state index contributed by atoms with van der Waals surface area (Å²) in [4.78, 5) is 12.7. The zero-order valence-corrected chi connectivity index (χ0v) is 13.9. The minimum absolute atomic E-state index is 0.0312. The van der Waals surface area contributed by atoms with Gasteiger partial charge in [0, 0.05) is 6.20 Å². The Morgan fingerprint density at radius 3 is 2.71 bits per heavy atom. The molecule has 0 saturated heterocycles. The van der Waals surface area contributed by atoms with Gasteiger partial charge in [-0.05, 0) is 35.0 Å². The number of nitrogens with zero attached hydrogens (tertiary/aromatic N) is 3. The number of hydrogen-bond donors (Lipinski definition) is 0. The largest absolute Gasteiger partial charge is 0.482 e. The third-order valence-electron chi connectivity index (χ3n) is 3.31. The predicted octanol–water partition coefficient (Wildman–Crippen LogP) is 3.50. The highest BCUT2D eigenvalue weighted by Crippen LogP contribution is 2.25. The first kappa shape index (κ1) is 16.6. The van der Waals surface area contributed by atoms with E-state index in [0.29, 0.717) is 15.7 Å². The molecular formula is C15H11BrF3N3O2. The van der Waals surface area contributed by atoms with Crippen molar-refractivity contribution in [3.8, 4) is 11.4 Å². The zero-order chi connectivity index (χ0) is 17.5. The van der Waals surface area contributed by atoms with Crippen LogP contribution in [0.3, 0.4) is 0 Å². The van der Waals surface area contributed by atoms with Crippen LogP contribution in [0, 0.1) is 6.92 Å². The van der Waals surface area contributed by atoms with Crippen LogP contribution in [0.5, 0.6) is 5.75 Å². The Bertz CT molecular complexity index is 963. The number of rotatable bonds is 3. The summed E-state index contributed by atoms with van der Waals surface area (Å²) < 4.78 is 45.3. The smallest absolute Gasteiger partial charge is 0.422 e. The normalized spacial score (nSPS) is 11.9. The lowest BCUT2D eigenvalue weighted by Crippen LogP contribution is -2.24. The Morgan fingerprint density at radius 1 is 1.29 bits per heavy atom. The molecule has 0 aliphatic heterocycles. The van der Waals surface area contributed by atoms with Gasteiger partial charge in [-0.1, -0.05) is 12.1 Å². The average molecular weight is 402 g/mol. The van der Waals surface area contributed by atoms with E-state index < -0.39 is 18.3 Å².